The SMILES string of the molecule is C=C(CC=Cc1ccccc1)C(=O)[O-].C=C(CC=Cc1ccccc1)C(=O)[O-].C=C(CC=Cc1ccccc1)C(=O)[O-].C=C(CC=Cc1ccccc1)C(=O)[O-].[C+4]. The maximum absolute atomic E-state index is 10.3. The van der Waals surface area contributed by atoms with E-state index in [0.717, 1.165) is 22.3 Å². The third-order valence-electron chi connectivity index (χ3n) is 7.05. The van der Waals surface area contributed by atoms with Gasteiger partial charge in [0.25, 0.3) is 0 Å². The number of carbonyl (C=O) groups excluding carboxylic acids is 4. The van der Waals surface area contributed by atoms with Crippen LogP contribution < -0.4 is 20.4 Å². The average Bonchev–Trinajstić information content (AvgIpc) is 3.20. The summed E-state index contributed by atoms with van der Waals surface area (Å²) in [4.78, 5) is 41.2. The molecule has 0 radical (unpaired) electrons. The molecule has 0 fully saturated rings. The van der Waals surface area contributed by atoms with E-state index in [0.29, 0.717) is 25.7 Å². The molecule has 0 aliphatic rings. The molecule has 0 aromatic heterocycles. The van der Waals surface area contributed by atoms with E-state index in [9.17, 15) is 39.6 Å². The molecule has 0 saturated heterocycles. The number of allylic oxidation sites excluding steroid dienone is 4. The number of rotatable bonds is 16. The predicted molar refractivity (Wildman–Crippen MR) is 220 cm³/mol. The van der Waals surface area contributed by atoms with Gasteiger partial charge in [-0.25, -0.2) is 0 Å². The van der Waals surface area contributed by atoms with Crippen molar-refractivity contribution >= 4 is 48.2 Å². The summed E-state index contributed by atoms with van der Waals surface area (Å²) in [6.07, 6.45) is 15.7. The average molecular weight is 761 g/mol. The van der Waals surface area contributed by atoms with E-state index in [-0.39, 0.29) is 29.7 Å². The van der Waals surface area contributed by atoms with Crippen molar-refractivity contribution in [2.75, 3.05) is 0 Å². The second-order valence-electron chi connectivity index (χ2n) is 11.6. The molecule has 0 aliphatic carbocycles. The summed E-state index contributed by atoms with van der Waals surface area (Å²) in [5, 5.41) is 41.2. The van der Waals surface area contributed by atoms with Gasteiger partial charge in [-0.2, -0.15) is 0 Å². The first-order valence-corrected chi connectivity index (χ1v) is 17.2. The van der Waals surface area contributed by atoms with E-state index in [1.165, 1.54) is 0 Å². The Morgan fingerprint density at radius 2 is 0.509 bits per heavy atom. The molecule has 4 aromatic carbocycles. The number of carboxylic acids is 4. The summed E-state index contributed by atoms with van der Waals surface area (Å²) >= 11 is 0. The number of carbonyl (C=O) groups is 4. The van der Waals surface area contributed by atoms with Gasteiger partial charge in [-0.15, -0.1) is 0 Å². The van der Waals surface area contributed by atoms with Crippen molar-refractivity contribution in [1.82, 2.24) is 0 Å². The normalized spacial score (nSPS) is 10.1. The van der Waals surface area contributed by atoms with Crippen LogP contribution in [-0.2, 0) is 19.2 Å². The summed E-state index contributed by atoms with van der Waals surface area (Å²) in [6, 6.07) is 38.6. The largest absolute Gasteiger partial charge is 4.00 e. The van der Waals surface area contributed by atoms with Crippen LogP contribution in [0.15, 0.2) is 194 Å². The van der Waals surface area contributed by atoms with Crippen LogP contribution in [0.3, 0.4) is 0 Å². The molecule has 288 valence electrons. The van der Waals surface area contributed by atoms with Crippen molar-refractivity contribution < 1.29 is 39.6 Å². The minimum atomic E-state index is -1.19. The zero-order chi connectivity index (χ0) is 41.6. The van der Waals surface area contributed by atoms with Gasteiger partial charge < -0.3 is 39.6 Å². The molecule has 0 aliphatic heterocycles. The van der Waals surface area contributed by atoms with Gasteiger partial charge in [-0.3, -0.25) is 0 Å². The molecule has 0 spiro atoms. The minimum absolute atomic E-state index is 0. The zero-order valence-corrected chi connectivity index (χ0v) is 31.6. The second kappa shape index (κ2) is 30.1. The molecule has 0 saturated carbocycles. The third kappa shape index (κ3) is 25.4. The molecule has 0 N–H and O–H groups in total. The van der Waals surface area contributed by atoms with Gasteiger partial charge >= 0.3 is 7.43 Å². The fourth-order valence-corrected chi connectivity index (χ4v) is 3.94. The number of benzene rings is 4. The van der Waals surface area contributed by atoms with Crippen molar-refractivity contribution in [3.05, 3.63) is 224 Å². The third-order valence-corrected chi connectivity index (χ3v) is 7.05. The van der Waals surface area contributed by atoms with Crippen molar-refractivity contribution in [3.8, 4) is 0 Å². The van der Waals surface area contributed by atoms with Gasteiger partial charge in [0.15, 0.2) is 0 Å². The molecule has 4 rings (SSSR count). The molecule has 0 amide bonds. The van der Waals surface area contributed by atoms with Gasteiger partial charge in [0.1, 0.15) is 0 Å². The Bertz CT molecular complexity index is 1690. The fraction of sp³-hybridized carbons (Fsp3) is 0.0816. The minimum Gasteiger partial charge on any atom is -0.545 e. The standard InChI is InChI=1S/4C12H12O2.C/c4*1-10(12(13)14)6-5-9-11-7-3-2-4-8-11;/h4*2-5,7-9H,1,6H2,(H,13,14);/q;;;;+4/p-4. The van der Waals surface area contributed by atoms with E-state index in [2.05, 4.69) is 26.3 Å². The molecular formula is C49H44O8. The van der Waals surface area contributed by atoms with E-state index in [1.807, 2.05) is 146 Å². The summed E-state index contributed by atoms with van der Waals surface area (Å²) in [6.45, 7) is 13.5. The van der Waals surface area contributed by atoms with Gasteiger partial charge in [0.05, 0.1) is 23.9 Å². The molecule has 0 atom stereocenters. The topological polar surface area (TPSA) is 161 Å². The Kier molecular flexibility index (Phi) is 26.2. The summed E-state index contributed by atoms with van der Waals surface area (Å²) in [5.74, 6) is -4.77. The molecule has 0 heterocycles. The number of hydrogen-bond donors (Lipinski definition) is 0. The maximum atomic E-state index is 10.3. The second-order valence-corrected chi connectivity index (χ2v) is 11.6. The Hall–Kier alpha value is -7.32. The Morgan fingerprint density at radius 1 is 0.351 bits per heavy atom. The van der Waals surface area contributed by atoms with Gasteiger partial charge in [-0.1, -0.05) is 196 Å². The fourth-order valence-electron chi connectivity index (χ4n) is 3.94. The van der Waals surface area contributed by atoms with E-state index in [4.69, 9.17) is 0 Å². The van der Waals surface area contributed by atoms with Crippen LogP contribution in [0.2, 0.25) is 0 Å². The van der Waals surface area contributed by atoms with Crippen molar-refractivity contribution in [2.45, 2.75) is 25.7 Å². The molecule has 0 bridgehead atoms. The van der Waals surface area contributed by atoms with E-state index < -0.39 is 23.9 Å². The van der Waals surface area contributed by atoms with Crippen molar-refractivity contribution in [2.24, 2.45) is 0 Å². The van der Waals surface area contributed by atoms with Crippen LogP contribution in [0.4, 0.5) is 0 Å². The smallest absolute Gasteiger partial charge is 0.545 e. The van der Waals surface area contributed by atoms with Crippen molar-refractivity contribution in [1.29, 1.82) is 0 Å². The summed E-state index contributed by atoms with van der Waals surface area (Å²) in [5.41, 5.74) is 4.54. The molecule has 8 nitrogen and oxygen atoms in total. The van der Waals surface area contributed by atoms with Gasteiger partial charge in [0.2, 0.25) is 0 Å². The Balaban J connectivity index is 0.000000729. The number of aliphatic carboxylic acids is 4. The quantitative estimate of drug-likeness (QED) is 0.132. The first kappa shape index (κ1) is 49.7. The zero-order valence-electron chi connectivity index (χ0n) is 31.6. The van der Waals surface area contributed by atoms with Crippen LogP contribution in [0.1, 0.15) is 47.9 Å². The van der Waals surface area contributed by atoms with E-state index in [1.54, 1.807) is 24.3 Å². The molecule has 0 unspecified atom stereocenters. The summed E-state index contributed by atoms with van der Waals surface area (Å²) in [7, 11) is 0. The Labute approximate surface area is 336 Å². The van der Waals surface area contributed by atoms with Crippen LogP contribution in [0.25, 0.3) is 24.3 Å². The van der Waals surface area contributed by atoms with E-state index >= 15 is 0 Å². The van der Waals surface area contributed by atoms with Crippen LogP contribution in [0, 0.1) is 7.43 Å². The maximum Gasteiger partial charge on any atom is 4.00 e. The van der Waals surface area contributed by atoms with Crippen LogP contribution >= 0.6 is 0 Å². The van der Waals surface area contributed by atoms with Crippen LogP contribution in [-0.4, -0.2) is 23.9 Å². The molecule has 8 heteroatoms. The molecule has 4 aromatic rings. The molecular weight excluding hydrogens is 717 g/mol. The molecule has 57 heavy (non-hydrogen) atoms. The van der Waals surface area contributed by atoms with Gasteiger partial charge in [-0.05, 0) is 70.2 Å². The monoisotopic (exact) mass is 760 g/mol. The number of hydrogen-bond acceptors (Lipinski definition) is 8. The first-order valence-electron chi connectivity index (χ1n) is 17.2. The Morgan fingerprint density at radius 3 is 0.649 bits per heavy atom. The van der Waals surface area contributed by atoms with Crippen LogP contribution in [0.5, 0.6) is 0 Å². The summed E-state index contributed by atoms with van der Waals surface area (Å²) < 4.78 is 0. The first-order chi connectivity index (χ1) is 26.8. The predicted octanol–water partition coefficient (Wildman–Crippen LogP) is 5.67. The van der Waals surface area contributed by atoms with Gasteiger partial charge in [0, 0.05) is 0 Å². The van der Waals surface area contributed by atoms with Crippen molar-refractivity contribution in [3.63, 3.8) is 0 Å². The number of carboxylic acid groups (broad SMARTS) is 4.